The van der Waals surface area contributed by atoms with Crippen molar-refractivity contribution in [2.45, 2.75) is 24.6 Å². The van der Waals surface area contributed by atoms with E-state index in [4.69, 9.17) is 0 Å². The van der Waals surface area contributed by atoms with Gasteiger partial charge in [-0.15, -0.1) is 0 Å². The summed E-state index contributed by atoms with van der Waals surface area (Å²) in [4.78, 5) is 26.3. The first-order chi connectivity index (χ1) is 10.7. The number of carbonyl (C=O) groups is 2. The van der Waals surface area contributed by atoms with Crippen LogP contribution >= 0.6 is 0 Å². The van der Waals surface area contributed by atoms with Crippen molar-refractivity contribution >= 4 is 11.9 Å². The zero-order valence-corrected chi connectivity index (χ0v) is 12.7. The molecule has 2 aliphatic rings. The largest absolute Gasteiger partial charge is 0.417 e. The van der Waals surface area contributed by atoms with Crippen molar-refractivity contribution in [3.8, 4) is 0 Å². The molecule has 3 N–H and O–H groups in total. The second kappa shape index (κ2) is 6.91. The van der Waals surface area contributed by atoms with Crippen LogP contribution < -0.4 is 10.6 Å². The number of urea groups is 1. The van der Waals surface area contributed by atoms with Gasteiger partial charge in [0.25, 0.3) is 0 Å². The van der Waals surface area contributed by atoms with Crippen molar-refractivity contribution in [2.24, 2.45) is 0 Å². The Kier molecular flexibility index (Phi) is 5.35. The van der Waals surface area contributed by atoms with Crippen LogP contribution in [-0.4, -0.2) is 84.4 Å². The molecule has 2 saturated heterocycles. The molecule has 2 rings (SSSR count). The lowest BCUT2D eigenvalue weighted by Gasteiger charge is -2.39. The van der Waals surface area contributed by atoms with Crippen LogP contribution in [0.2, 0.25) is 0 Å². The number of carbonyl (C=O) groups excluding carboxylic acids is 2. The fourth-order valence-corrected chi connectivity index (χ4v) is 2.68. The maximum Gasteiger partial charge on any atom is 0.417 e. The zero-order valence-electron chi connectivity index (χ0n) is 12.7. The molecular formula is C13H21F3N4O3. The highest BCUT2D eigenvalue weighted by atomic mass is 19.4. The molecule has 0 atom stereocenters. The van der Waals surface area contributed by atoms with Crippen molar-refractivity contribution in [2.75, 3.05) is 45.8 Å². The minimum Gasteiger partial charge on any atom is -0.380 e. The van der Waals surface area contributed by atoms with E-state index >= 15 is 0 Å². The third kappa shape index (κ3) is 4.47. The van der Waals surface area contributed by atoms with Gasteiger partial charge in [-0.3, -0.25) is 9.69 Å². The maximum atomic E-state index is 12.7. The summed E-state index contributed by atoms with van der Waals surface area (Å²) in [6, 6.07) is -0.448. The summed E-state index contributed by atoms with van der Waals surface area (Å²) < 4.78 is 38.1. The molecule has 2 fully saturated rings. The third-order valence-corrected chi connectivity index (χ3v) is 4.23. The monoisotopic (exact) mass is 338 g/mol. The van der Waals surface area contributed by atoms with Gasteiger partial charge in [0.2, 0.25) is 5.91 Å². The fourth-order valence-electron chi connectivity index (χ4n) is 2.68. The number of halogens is 3. The molecule has 0 aromatic carbocycles. The van der Waals surface area contributed by atoms with Crippen LogP contribution in [0.3, 0.4) is 0 Å². The smallest absolute Gasteiger partial charge is 0.380 e. The third-order valence-electron chi connectivity index (χ3n) is 4.23. The fraction of sp³-hybridized carbons (Fsp3) is 0.846. The van der Waals surface area contributed by atoms with Crippen LogP contribution in [0.15, 0.2) is 0 Å². The number of hydrogen-bond acceptors (Lipinski definition) is 4. The number of amides is 3. The minimum atomic E-state index is -4.68. The first kappa shape index (κ1) is 17.8. The molecule has 0 bridgehead atoms. The van der Waals surface area contributed by atoms with Crippen molar-refractivity contribution in [1.82, 2.24) is 20.4 Å². The molecule has 0 aliphatic carbocycles. The van der Waals surface area contributed by atoms with Crippen LogP contribution in [-0.2, 0) is 4.79 Å². The summed E-state index contributed by atoms with van der Waals surface area (Å²) in [6.07, 6.45) is -5.71. The van der Waals surface area contributed by atoms with E-state index in [1.54, 1.807) is 0 Å². The van der Waals surface area contributed by atoms with Crippen molar-refractivity contribution in [3.05, 3.63) is 0 Å². The molecule has 0 spiro atoms. The second-order valence-electron chi connectivity index (χ2n) is 5.87. The number of hydrogen-bond donors (Lipinski definition) is 3. The normalized spacial score (nSPS) is 22.6. The molecule has 2 aliphatic heterocycles. The van der Waals surface area contributed by atoms with Gasteiger partial charge in [0.15, 0.2) is 5.60 Å². The Bertz CT molecular complexity index is 450. The zero-order chi connectivity index (χ0) is 17.1. The Balaban J connectivity index is 1.70. The van der Waals surface area contributed by atoms with Gasteiger partial charge in [-0.1, -0.05) is 0 Å². The van der Waals surface area contributed by atoms with Gasteiger partial charge in [-0.2, -0.15) is 13.2 Å². The van der Waals surface area contributed by atoms with Crippen molar-refractivity contribution < 1.29 is 27.9 Å². The average molecular weight is 338 g/mol. The van der Waals surface area contributed by atoms with E-state index in [1.165, 1.54) is 4.90 Å². The summed E-state index contributed by atoms with van der Waals surface area (Å²) in [7, 11) is 0. The van der Waals surface area contributed by atoms with E-state index in [-0.39, 0.29) is 25.5 Å². The Morgan fingerprint density at radius 2 is 1.96 bits per heavy atom. The number of nitrogens with one attached hydrogen (secondary N) is 2. The predicted octanol–water partition coefficient (Wildman–Crippen LogP) is -0.483. The molecule has 23 heavy (non-hydrogen) atoms. The molecule has 0 saturated carbocycles. The molecule has 7 nitrogen and oxygen atoms in total. The van der Waals surface area contributed by atoms with Crippen molar-refractivity contribution in [3.63, 3.8) is 0 Å². The summed E-state index contributed by atoms with van der Waals surface area (Å²) in [6.45, 7) is 2.06. The minimum absolute atomic E-state index is 0.0648. The van der Waals surface area contributed by atoms with Crippen LogP contribution in [0.25, 0.3) is 0 Å². The van der Waals surface area contributed by atoms with E-state index in [0.29, 0.717) is 26.2 Å². The van der Waals surface area contributed by atoms with Crippen LogP contribution in [0.5, 0.6) is 0 Å². The second-order valence-corrected chi connectivity index (χ2v) is 5.87. The van der Waals surface area contributed by atoms with Crippen LogP contribution in [0.4, 0.5) is 18.0 Å². The molecule has 132 valence electrons. The number of likely N-dealkylation sites (tertiary alicyclic amines) is 1. The van der Waals surface area contributed by atoms with E-state index in [1.807, 2.05) is 4.90 Å². The first-order valence-electron chi connectivity index (χ1n) is 7.52. The van der Waals surface area contributed by atoms with Gasteiger partial charge in [0, 0.05) is 52.1 Å². The predicted molar refractivity (Wildman–Crippen MR) is 74.7 cm³/mol. The van der Waals surface area contributed by atoms with Gasteiger partial charge >= 0.3 is 12.2 Å². The van der Waals surface area contributed by atoms with Gasteiger partial charge in [-0.05, 0) is 0 Å². The summed E-state index contributed by atoms with van der Waals surface area (Å²) in [5.41, 5.74) is -2.70. The van der Waals surface area contributed by atoms with Crippen molar-refractivity contribution in [1.29, 1.82) is 0 Å². The van der Waals surface area contributed by atoms with Gasteiger partial charge in [0.1, 0.15) is 0 Å². The molecule has 0 aromatic heterocycles. The summed E-state index contributed by atoms with van der Waals surface area (Å²) >= 11 is 0. The number of alkyl halides is 3. The number of piperazine rings is 1. The maximum absolute atomic E-state index is 12.7. The molecule has 2 heterocycles. The highest BCUT2D eigenvalue weighted by Gasteiger charge is 2.54. The lowest BCUT2D eigenvalue weighted by Crippen LogP contribution is -2.56. The van der Waals surface area contributed by atoms with Gasteiger partial charge in [0.05, 0.1) is 6.54 Å². The summed E-state index contributed by atoms with van der Waals surface area (Å²) in [5, 5.41) is 14.9. The van der Waals surface area contributed by atoms with E-state index in [9.17, 15) is 27.9 Å². The van der Waals surface area contributed by atoms with Gasteiger partial charge in [-0.25, -0.2) is 4.79 Å². The lowest BCUT2D eigenvalue weighted by atomic mass is 9.91. The summed E-state index contributed by atoms with van der Waals surface area (Å²) in [5.74, 6) is -0.0648. The standard InChI is InChI=1S/C13H21F3N4O3/c14-13(15,16)12(23)1-5-20(6-2-12)11(22)18-4-8-19-7-3-17-10(21)9-19/h23H,1-9H2,(H,17,21)(H,18,22). The molecule has 10 heteroatoms. The highest BCUT2D eigenvalue weighted by molar-refractivity contribution is 5.78. The topological polar surface area (TPSA) is 84.9 Å². The van der Waals surface area contributed by atoms with Gasteiger partial charge < -0.3 is 20.6 Å². The number of nitrogens with zero attached hydrogens (tertiary/aromatic N) is 2. The number of rotatable bonds is 3. The van der Waals surface area contributed by atoms with E-state index < -0.39 is 30.7 Å². The van der Waals surface area contributed by atoms with E-state index in [2.05, 4.69) is 10.6 Å². The van der Waals surface area contributed by atoms with E-state index in [0.717, 1.165) is 0 Å². The molecule has 0 aromatic rings. The number of piperidine rings is 1. The highest BCUT2D eigenvalue weighted by Crippen LogP contribution is 2.38. The Labute approximate surface area is 131 Å². The lowest BCUT2D eigenvalue weighted by molar-refractivity contribution is -0.271. The Hall–Kier alpha value is -1.55. The number of aliphatic hydroxyl groups is 1. The average Bonchev–Trinajstić information content (AvgIpc) is 2.47. The van der Waals surface area contributed by atoms with Crippen LogP contribution in [0, 0.1) is 0 Å². The molecule has 3 amide bonds. The van der Waals surface area contributed by atoms with Crippen LogP contribution in [0.1, 0.15) is 12.8 Å². The molecule has 0 unspecified atom stereocenters. The Morgan fingerprint density at radius 3 is 2.52 bits per heavy atom. The Morgan fingerprint density at radius 1 is 1.30 bits per heavy atom. The molecule has 0 radical (unpaired) electrons. The quantitative estimate of drug-likeness (QED) is 0.649. The first-order valence-corrected chi connectivity index (χ1v) is 7.52. The SMILES string of the molecule is O=C1CN(CCNC(=O)N2CCC(O)(C(F)(F)F)CC2)CCN1. The molecular weight excluding hydrogens is 317 g/mol.